The molecule has 0 amide bonds. The Kier molecular flexibility index (Phi) is 7.99. The Morgan fingerprint density at radius 3 is 2.27 bits per heavy atom. The molecule has 1 aliphatic rings. The highest BCUT2D eigenvalue weighted by molar-refractivity contribution is 7.46. The third-order valence-corrected chi connectivity index (χ3v) is 5.81. The summed E-state index contributed by atoms with van der Waals surface area (Å²) in [4.78, 5) is 37.0. The number of phosphoric ester groups is 1. The number of benzene rings is 2. The molecule has 0 radical (unpaired) electrons. The van der Waals surface area contributed by atoms with E-state index in [0.717, 1.165) is 12.8 Å². The zero-order valence-corrected chi connectivity index (χ0v) is 19.0. The third kappa shape index (κ3) is 7.01. The van der Waals surface area contributed by atoms with Gasteiger partial charge < -0.3 is 13.9 Å². The average Bonchev–Trinajstić information content (AvgIpc) is 2.82. The number of hydrogen-bond acceptors (Lipinski definition) is 6. The number of allylic oxidation sites excluding steroid dienone is 6. The minimum Gasteiger partial charge on any atom is -0.736 e. The van der Waals surface area contributed by atoms with Gasteiger partial charge in [0.25, 0.3) is 0 Å². The standard InChI is InChI=1S/C26H25O6P/c1-19(25(27)21-9-5-3-6-10-21)13-14-20(2)31-33(29,30)32-24-17-15-23(16-18-24)26(28)22-11-7-4-8-12-22/h3,5-7,9-12,15-18H,1-2,4,8,13-14H2,(H,29,30)/p-1. The Hall–Kier alpha value is -3.47. The van der Waals surface area contributed by atoms with E-state index in [-0.39, 0.29) is 35.9 Å². The largest absolute Gasteiger partial charge is 0.736 e. The number of carbonyl (C=O) groups is 2. The summed E-state index contributed by atoms with van der Waals surface area (Å²) in [6.07, 6.45) is 7.59. The van der Waals surface area contributed by atoms with Crippen molar-refractivity contribution in [2.75, 3.05) is 0 Å². The van der Waals surface area contributed by atoms with E-state index in [9.17, 15) is 19.0 Å². The Bertz CT molecular complexity index is 1160. The zero-order valence-electron chi connectivity index (χ0n) is 18.1. The van der Waals surface area contributed by atoms with Crippen LogP contribution in [-0.4, -0.2) is 11.6 Å². The first kappa shape index (κ1) is 24.2. The molecule has 0 fully saturated rings. The monoisotopic (exact) mass is 463 g/mol. The van der Waals surface area contributed by atoms with Crippen LogP contribution in [0.25, 0.3) is 0 Å². The van der Waals surface area contributed by atoms with Crippen LogP contribution in [0, 0.1) is 0 Å². The molecular formula is C26H24O6P-. The second-order valence-electron chi connectivity index (χ2n) is 7.46. The van der Waals surface area contributed by atoms with Crippen LogP contribution in [0.5, 0.6) is 5.75 Å². The van der Waals surface area contributed by atoms with E-state index >= 15 is 0 Å². The summed E-state index contributed by atoms with van der Waals surface area (Å²) in [7, 11) is -4.75. The molecule has 1 aliphatic carbocycles. The SMILES string of the molecule is C=C(CCC(=C)C(=O)c1ccccc1)OP(=O)([O-])Oc1ccc(C(=O)C2=CCCC=C2)cc1. The van der Waals surface area contributed by atoms with Crippen molar-refractivity contribution in [2.45, 2.75) is 25.7 Å². The van der Waals surface area contributed by atoms with Gasteiger partial charge >= 0.3 is 7.82 Å². The van der Waals surface area contributed by atoms with E-state index in [4.69, 9.17) is 9.05 Å². The highest BCUT2D eigenvalue weighted by Crippen LogP contribution is 2.42. The van der Waals surface area contributed by atoms with Gasteiger partial charge in [0.05, 0.1) is 5.76 Å². The van der Waals surface area contributed by atoms with Crippen molar-refractivity contribution in [3.8, 4) is 5.75 Å². The molecule has 0 bridgehead atoms. The molecule has 0 N–H and O–H groups in total. The molecule has 7 heteroatoms. The van der Waals surface area contributed by atoms with Gasteiger partial charge in [-0.05, 0) is 49.1 Å². The van der Waals surface area contributed by atoms with Gasteiger partial charge in [-0.1, -0.05) is 61.7 Å². The summed E-state index contributed by atoms with van der Waals surface area (Å²) in [6, 6.07) is 14.4. The zero-order chi connectivity index (χ0) is 23.8. The Balaban J connectivity index is 1.51. The van der Waals surface area contributed by atoms with Gasteiger partial charge in [0.1, 0.15) is 5.75 Å². The Morgan fingerprint density at radius 2 is 1.64 bits per heavy atom. The van der Waals surface area contributed by atoms with Crippen LogP contribution in [0.3, 0.4) is 0 Å². The van der Waals surface area contributed by atoms with Gasteiger partial charge in [-0.3, -0.25) is 9.59 Å². The lowest BCUT2D eigenvalue weighted by atomic mass is 9.98. The van der Waals surface area contributed by atoms with Crippen molar-refractivity contribution < 1.29 is 28.1 Å². The Morgan fingerprint density at radius 1 is 0.939 bits per heavy atom. The number of ketones is 2. The molecular weight excluding hydrogens is 439 g/mol. The first-order valence-electron chi connectivity index (χ1n) is 10.4. The van der Waals surface area contributed by atoms with Gasteiger partial charge in [-0.15, -0.1) is 0 Å². The summed E-state index contributed by atoms with van der Waals surface area (Å²) < 4.78 is 22.1. The van der Waals surface area contributed by atoms with Crippen molar-refractivity contribution in [3.63, 3.8) is 0 Å². The summed E-state index contributed by atoms with van der Waals surface area (Å²) >= 11 is 0. The van der Waals surface area contributed by atoms with Crippen molar-refractivity contribution in [2.24, 2.45) is 0 Å². The third-order valence-electron chi connectivity index (χ3n) is 4.89. The highest BCUT2D eigenvalue weighted by atomic mass is 31.2. The van der Waals surface area contributed by atoms with Crippen molar-refractivity contribution in [3.05, 3.63) is 114 Å². The molecule has 33 heavy (non-hydrogen) atoms. The van der Waals surface area contributed by atoms with Crippen molar-refractivity contribution >= 4 is 19.4 Å². The molecule has 0 saturated heterocycles. The van der Waals surface area contributed by atoms with E-state index in [1.165, 1.54) is 24.3 Å². The molecule has 0 aliphatic heterocycles. The molecule has 1 atom stereocenters. The molecule has 2 aromatic rings. The summed E-state index contributed by atoms with van der Waals surface area (Å²) in [5.74, 6) is -0.426. The minimum atomic E-state index is -4.75. The van der Waals surface area contributed by atoms with Gasteiger partial charge in [0.2, 0.25) is 0 Å². The fourth-order valence-corrected chi connectivity index (χ4v) is 3.99. The van der Waals surface area contributed by atoms with Gasteiger partial charge in [0, 0.05) is 23.1 Å². The normalized spacial score (nSPS) is 14.5. The van der Waals surface area contributed by atoms with Crippen LogP contribution in [0.1, 0.15) is 46.4 Å². The first-order valence-corrected chi connectivity index (χ1v) is 11.9. The molecule has 0 heterocycles. The lowest BCUT2D eigenvalue weighted by molar-refractivity contribution is -0.213. The molecule has 3 rings (SSSR count). The number of rotatable bonds is 11. The van der Waals surface area contributed by atoms with Crippen LogP contribution < -0.4 is 9.42 Å². The summed E-state index contributed by atoms with van der Waals surface area (Å²) in [5.41, 5.74) is 1.85. The maximum atomic E-state index is 12.5. The quantitative estimate of drug-likeness (QED) is 0.183. The first-order chi connectivity index (χ1) is 15.7. The second-order valence-corrected chi connectivity index (χ2v) is 8.72. The average molecular weight is 463 g/mol. The maximum absolute atomic E-state index is 12.5. The fourth-order valence-electron chi connectivity index (χ4n) is 3.16. The van der Waals surface area contributed by atoms with Crippen LogP contribution in [-0.2, 0) is 9.09 Å². The predicted molar refractivity (Wildman–Crippen MR) is 125 cm³/mol. The van der Waals surface area contributed by atoms with Crippen molar-refractivity contribution in [1.82, 2.24) is 0 Å². The highest BCUT2D eigenvalue weighted by Gasteiger charge is 2.17. The van der Waals surface area contributed by atoms with E-state index in [1.54, 1.807) is 36.4 Å². The van der Waals surface area contributed by atoms with Gasteiger partial charge in [0.15, 0.2) is 11.6 Å². The van der Waals surface area contributed by atoms with Crippen molar-refractivity contribution in [1.29, 1.82) is 0 Å². The topological polar surface area (TPSA) is 92.7 Å². The van der Waals surface area contributed by atoms with E-state index in [0.29, 0.717) is 22.3 Å². The smallest absolute Gasteiger partial charge is 0.372 e. The maximum Gasteiger partial charge on any atom is 0.372 e. The van der Waals surface area contributed by atoms with Gasteiger partial charge in [-0.25, -0.2) is 4.57 Å². The number of carbonyl (C=O) groups excluding carboxylic acids is 2. The fraction of sp³-hybridized carbons (Fsp3) is 0.154. The summed E-state index contributed by atoms with van der Waals surface area (Å²) in [5, 5.41) is 0. The van der Waals surface area contributed by atoms with Crippen LogP contribution in [0.4, 0.5) is 0 Å². The molecule has 0 spiro atoms. The van der Waals surface area contributed by atoms with Crippen LogP contribution >= 0.6 is 7.82 Å². The molecule has 2 aromatic carbocycles. The molecule has 170 valence electrons. The predicted octanol–water partition coefficient (Wildman–Crippen LogP) is 5.74. The lowest BCUT2D eigenvalue weighted by Crippen LogP contribution is -2.11. The lowest BCUT2D eigenvalue weighted by Gasteiger charge is -2.25. The Labute approximate surface area is 193 Å². The second kappa shape index (κ2) is 10.9. The molecule has 0 aromatic heterocycles. The van der Waals surface area contributed by atoms with E-state index < -0.39 is 7.82 Å². The number of Topliss-reactive ketones (excluding diaryl/α,β-unsaturated/α-hetero) is 2. The minimum absolute atomic E-state index is 0.00881. The van der Waals surface area contributed by atoms with E-state index in [2.05, 4.69) is 13.2 Å². The van der Waals surface area contributed by atoms with Gasteiger partial charge in [-0.2, -0.15) is 0 Å². The number of phosphoric acid groups is 1. The summed E-state index contributed by atoms with van der Waals surface area (Å²) in [6.45, 7) is 7.35. The number of hydrogen-bond donors (Lipinski definition) is 0. The van der Waals surface area contributed by atoms with Crippen LogP contribution in [0.15, 0.2) is 103 Å². The van der Waals surface area contributed by atoms with Crippen LogP contribution in [0.2, 0.25) is 0 Å². The molecule has 6 nitrogen and oxygen atoms in total. The molecule has 1 unspecified atom stereocenters. The van der Waals surface area contributed by atoms with E-state index in [1.807, 2.05) is 12.2 Å². The molecule has 0 saturated carbocycles.